The van der Waals surface area contributed by atoms with E-state index in [2.05, 4.69) is 25.9 Å². The predicted octanol–water partition coefficient (Wildman–Crippen LogP) is -0.341. The fourth-order valence-corrected chi connectivity index (χ4v) is 1.22. The molecule has 2 aliphatic rings. The topological polar surface area (TPSA) is 54.1 Å². The van der Waals surface area contributed by atoms with Crippen molar-refractivity contribution in [2.24, 2.45) is 10.3 Å². The molecule has 2 rings (SSSR count). The van der Waals surface area contributed by atoms with Crippen LogP contribution in [0, 0.1) is 0 Å². The summed E-state index contributed by atoms with van der Waals surface area (Å²) in [4.78, 5) is 2.15. The largest absolute Gasteiger partial charge is 0.383 e. The van der Waals surface area contributed by atoms with E-state index in [0.29, 0.717) is 0 Å². The fraction of sp³-hybridized carbons (Fsp3) is 0.800. The Morgan fingerprint density at radius 1 is 1.40 bits per heavy atom. The highest BCUT2D eigenvalue weighted by atomic mass is 15.6. The highest BCUT2D eigenvalue weighted by Crippen LogP contribution is 2.07. The molecule has 0 aliphatic carbocycles. The molecule has 1 radical (unpaired) electrons. The Bertz CT molecular complexity index is 178. The van der Waals surface area contributed by atoms with Crippen molar-refractivity contribution in [3.8, 4) is 0 Å². The van der Waals surface area contributed by atoms with Crippen LogP contribution in [0.2, 0.25) is 0 Å². The van der Waals surface area contributed by atoms with Gasteiger partial charge in [-0.25, -0.2) is 0 Å². The summed E-state index contributed by atoms with van der Waals surface area (Å²) < 4.78 is 0. The summed E-state index contributed by atoms with van der Waals surface area (Å²) >= 11 is 0. The first-order valence-electron chi connectivity index (χ1n) is 3.45. The summed E-state index contributed by atoms with van der Waals surface area (Å²) in [6.07, 6.45) is 2.50. The van der Waals surface area contributed by atoms with Crippen molar-refractivity contribution >= 4 is 5.96 Å². The van der Waals surface area contributed by atoms with Gasteiger partial charge < -0.3 is 4.90 Å². The van der Waals surface area contributed by atoms with Crippen LogP contribution in [-0.4, -0.2) is 23.9 Å². The minimum absolute atomic E-state index is 0.803. The van der Waals surface area contributed by atoms with E-state index in [0.717, 1.165) is 19.0 Å². The molecule has 5 heteroatoms. The van der Waals surface area contributed by atoms with Crippen molar-refractivity contribution in [2.45, 2.75) is 12.8 Å². The van der Waals surface area contributed by atoms with Crippen LogP contribution in [0.1, 0.15) is 12.8 Å². The summed E-state index contributed by atoms with van der Waals surface area (Å²) in [6.45, 7) is 2.16. The van der Waals surface area contributed by atoms with Gasteiger partial charge in [0.2, 0.25) is 5.22 Å². The summed E-state index contributed by atoms with van der Waals surface area (Å²) in [5, 5.41) is 10.8. The van der Waals surface area contributed by atoms with Gasteiger partial charge in [-0.15, -0.1) is 5.43 Å². The maximum atomic E-state index is 3.81. The molecule has 5 nitrogen and oxygen atoms in total. The van der Waals surface area contributed by atoms with Crippen molar-refractivity contribution in [1.29, 1.82) is 0 Å². The second-order valence-electron chi connectivity index (χ2n) is 2.42. The molecule has 0 atom stereocenters. The number of rotatable bonds is 0. The molecule has 0 aromatic rings. The number of hydrogen-bond acceptors (Lipinski definition) is 5. The van der Waals surface area contributed by atoms with E-state index in [1.165, 1.54) is 12.8 Å². The van der Waals surface area contributed by atoms with Crippen molar-refractivity contribution in [2.75, 3.05) is 13.1 Å². The first-order valence-corrected chi connectivity index (χ1v) is 3.45. The molecule has 1 fully saturated rings. The lowest BCUT2D eigenvalue weighted by molar-refractivity contribution is 0.498. The third-order valence-electron chi connectivity index (χ3n) is 1.74. The molecule has 0 bridgehead atoms. The van der Waals surface area contributed by atoms with Crippen LogP contribution in [0.3, 0.4) is 0 Å². The number of hydrogen-bond donors (Lipinski definition) is 1. The lowest BCUT2D eigenvalue weighted by Gasteiger charge is -2.08. The number of guanidine groups is 1. The SMILES string of the molecule is C1CCN(C2=NN=[N+]N2)C1. The maximum absolute atomic E-state index is 3.81. The third kappa shape index (κ3) is 0.832. The van der Waals surface area contributed by atoms with Crippen LogP contribution < -0.4 is 10.6 Å². The van der Waals surface area contributed by atoms with Crippen LogP contribution in [0.5, 0.6) is 0 Å². The van der Waals surface area contributed by atoms with Crippen LogP contribution in [-0.2, 0) is 0 Å². The Morgan fingerprint density at radius 2 is 2.20 bits per heavy atom. The van der Waals surface area contributed by atoms with Gasteiger partial charge in [0.25, 0.3) is 0 Å². The molecule has 0 saturated carbocycles. The van der Waals surface area contributed by atoms with Gasteiger partial charge in [-0.2, -0.15) is 0 Å². The smallest absolute Gasteiger partial charge is 0.316 e. The second kappa shape index (κ2) is 2.24. The minimum Gasteiger partial charge on any atom is -0.316 e. The van der Waals surface area contributed by atoms with Gasteiger partial charge in [-0.1, -0.05) is 0 Å². The summed E-state index contributed by atoms with van der Waals surface area (Å²) in [5.74, 6) is 0.803. The van der Waals surface area contributed by atoms with Crippen molar-refractivity contribution in [1.82, 2.24) is 15.5 Å². The van der Waals surface area contributed by atoms with Crippen molar-refractivity contribution in [3.05, 3.63) is 0 Å². The summed E-state index contributed by atoms with van der Waals surface area (Å²) in [7, 11) is 0. The standard InChI is InChI=1S/C5H9N5/c1-2-4-10(3-1)5-6-8-9-7-5/h1-4H2,(H,6,7,8)/q+1. The Balaban J connectivity index is 1.99. The van der Waals surface area contributed by atoms with Gasteiger partial charge >= 0.3 is 5.96 Å². The van der Waals surface area contributed by atoms with E-state index in [-0.39, 0.29) is 0 Å². The molecule has 10 heavy (non-hydrogen) atoms. The molecule has 53 valence electrons. The van der Waals surface area contributed by atoms with Gasteiger partial charge in [0.15, 0.2) is 5.22 Å². The van der Waals surface area contributed by atoms with Crippen LogP contribution in [0.25, 0.3) is 0 Å². The average Bonchev–Trinajstić information content (AvgIpc) is 2.59. The molecule has 0 spiro atoms. The van der Waals surface area contributed by atoms with Crippen molar-refractivity contribution in [3.63, 3.8) is 0 Å². The van der Waals surface area contributed by atoms with E-state index in [1.54, 1.807) is 0 Å². The van der Waals surface area contributed by atoms with Gasteiger partial charge in [-0.3, -0.25) is 0 Å². The molecule has 0 aromatic carbocycles. The van der Waals surface area contributed by atoms with Crippen LogP contribution in [0.4, 0.5) is 0 Å². The molecule has 0 amide bonds. The molecule has 2 aliphatic heterocycles. The predicted molar refractivity (Wildman–Crippen MR) is 35.9 cm³/mol. The fourth-order valence-electron chi connectivity index (χ4n) is 1.22. The van der Waals surface area contributed by atoms with E-state index in [4.69, 9.17) is 0 Å². The molecule has 1 saturated heterocycles. The minimum atomic E-state index is 0.803. The third-order valence-corrected chi connectivity index (χ3v) is 1.74. The Morgan fingerprint density at radius 3 is 2.80 bits per heavy atom. The zero-order valence-electron chi connectivity index (χ0n) is 5.62. The van der Waals surface area contributed by atoms with Gasteiger partial charge in [0, 0.05) is 13.1 Å². The van der Waals surface area contributed by atoms with E-state index >= 15 is 0 Å². The number of nitrogens with zero attached hydrogens (tertiary/aromatic N) is 4. The number of nitrogens with one attached hydrogen (secondary N) is 1. The van der Waals surface area contributed by atoms with Gasteiger partial charge in [0.1, 0.15) is 5.10 Å². The monoisotopic (exact) mass is 139 g/mol. The molecule has 1 N–H and O–H groups in total. The quantitative estimate of drug-likeness (QED) is 0.499. The summed E-state index contributed by atoms with van der Waals surface area (Å²) in [5.41, 5.74) is 2.73. The lowest BCUT2D eigenvalue weighted by atomic mass is 10.4. The zero-order chi connectivity index (χ0) is 6.81. The van der Waals surface area contributed by atoms with Crippen LogP contribution >= 0.6 is 0 Å². The lowest BCUT2D eigenvalue weighted by Crippen LogP contribution is -2.37. The highest BCUT2D eigenvalue weighted by molar-refractivity contribution is 5.79. The van der Waals surface area contributed by atoms with Gasteiger partial charge in [-0.05, 0) is 12.8 Å². The Labute approximate surface area is 58.8 Å². The summed E-state index contributed by atoms with van der Waals surface area (Å²) in [6, 6.07) is 0. The van der Waals surface area contributed by atoms with E-state index < -0.39 is 0 Å². The molecular weight excluding hydrogens is 130 g/mol. The second-order valence-corrected chi connectivity index (χ2v) is 2.42. The number of likely N-dealkylation sites (tertiary alicyclic amines) is 1. The first kappa shape index (κ1) is 5.64. The van der Waals surface area contributed by atoms with Crippen molar-refractivity contribution < 1.29 is 0 Å². The zero-order valence-corrected chi connectivity index (χ0v) is 5.62. The van der Waals surface area contributed by atoms with E-state index in [1.807, 2.05) is 0 Å². The van der Waals surface area contributed by atoms with Crippen LogP contribution in [0.15, 0.2) is 10.3 Å². The highest BCUT2D eigenvalue weighted by Gasteiger charge is 2.24. The molecule has 0 unspecified atom stereocenters. The Kier molecular flexibility index (Phi) is 1.26. The van der Waals surface area contributed by atoms with Gasteiger partial charge in [0.05, 0.1) is 0 Å². The molecular formula is C5H9N5+. The van der Waals surface area contributed by atoms with E-state index in [9.17, 15) is 0 Å². The maximum Gasteiger partial charge on any atom is 0.383 e. The Hall–Kier alpha value is -1.13. The molecule has 0 aromatic heterocycles. The first-order chi connectivity index (χ1) is 4.97. The normalized spacial score (nSPS) is 23.2. The average molecular weight is 139 g/mol. The molecule has 2 heterocycles.